The molecule has 0 radical (unpaired) electrons. The van der Waals surface area contributed by atoms with Crippen LogP contribution in [-0.2, 0) is 10.0 Å². The van der Waals surface area contributed by atoms with Crippen molar-refractivity contribution in [2.24, 2.45) is 11.1 Å². The van der Waals surface area contributed by atoms with Crippen molar-refractivity contribution in [3.05, 3.63) is 17.3 Å². The highest BCUT2D eigenvalue weighted by Gasteiger charge is 2.36. The van der Waals surface area contributed by atoms with Crippen molar-refractivity contribution in [1.29, 1.82) is 5.26 Å². The lowest BCUT2D eigenvalue weighted by atomic mass is 9.81. The highest BCUT2D eigenvalue weighted by atomic mass is 35.5. The number of hydrogen-bond acceptors (Lipinski definition) is 5. The monoisotopic (exact) mass is 347 g/mol. The van der Waals surface area contributed by atoms with Crippen molar-refractivity contribution in [3.8, 4) is 11.9 Å². The van der Waals surface area contributed by atoms with Gasteiger partial charge in [-0.2, -0.15) is 5.26 Å². The quantitative estimate of drug-likeness (QED) is 0.898. The van der Waals surface area contributed by atoms with Crippen molar-refractivity contribution in [2.45, 2.75) is 36.2 Å². The number of ether oxygens (including phenoxy) is 1. The Hall–Kier alpha value is -1.43. The maximum Gasteiger partial charge on any atom is 0.239 e. The van der Waals surface area contributed by atoms with Crippen LogP contribution in [0.3, 0.4) is 0 Å². The summed E-state index contributed by atoms with van der Waals surface area (Å²) >= 11 is 5.87. The Labute approximate surface area is 133 Å². The first-order valence-corrected chi connectivity index (χ1v) is 8.56. The third-order valence-corrected chi connectivity index (χ3v) is 4.79. The van der Waals surface area contributed by atoms with Crippen molar-refractivity contribution in [3.63, 3.8) is 0 Å². The Morgan fingerprint density at radius 2 is 2.18 bits per heavy atom. The van der Waals surface area contributed by atoms with Gasteiger partial charge in [-0.05, 0) is 31.7 Å². The number of nitrogens with two attached hydrogens (primary N) is 1. The van der Waals surface area contributed by atoms with Gasteiger partial charge in [0, 0.05) is 5.92 Å². The molecule has 0 atom stereocenters. The number of rotatable bonds is 4. The third-order valence-electron chi connectivity index (χ3n) is 3.64. The fraction of sp³-hybridized carbons (Fsp3) is 0.538. The Morgan fingerprint density at radius 1 is 1.55 bits per heavy atom. The van der Waals surface area contributed by atoms with Crippen molar-refractivity contribution < 1.29 is 17.5 Å². The highest BCUT2D eigenvalue weighted by molar-refractivity contribution is 7.89. The number of nitrogens with zero attached hydrogens (tertiary/aromatic N) is 2. The van der Waals surface area contributed by atoms with Crippen LogP contribution in [0, 0.1) is 17.2 Å². The summed E-state index contributed by atoms with van der Waals surface area (Å²) in [6.07, 6.45) is 2.45. The summed E-state index contributed by atoms with van der Waals surface area (Å²) in [6, 6.07) is 3.24. The van der Waals surface area contributed by atoms with Crippen LogP contribution in [0.1, 0.15) is 25.7 Å². The molecule has 2 rings (SSSR count). The van der Waals surface area contributed by atoms with Crippen LogP contribution >= 0.6 is 11.6 Å². The predicted molar refractivity (Wildman–Crippen MR) is 77.5 cm³/mol. The first-order valence-electron chi connectivity index (χ1n) is 6.63. The average molecular weight is 348 g/mol. The lowest BCUT2D eigenvalue weighted by Crippen LogP contribution is -2.35. The zero-order valence-corrected chi connectivity index (χ0v) is 13.2. The van der Waals surface area contributed by atoms with Gasteiger partial charge >= 0.3 is 0 Å². The molecule has 9 heteroatoms. The standard InChI is InChI=1S/C13H15ClFN3O3S/c14-11-5-10(22(17,19)20)7-18-12(11)21-8-13(15)3-1-9(6-16)2-4-13/h5,7,9H,1-4,8H2,(H2,17,19,20)/t9-,13-. The molecule has 120 valence electrons. The molecule has 0 unspecified atom stereocenters. The topological polar surface area (TPSA) is 106 Å². The molecule has 1 fully saturated rings. The summed E-state index contributed by atoms with van der Waals surface area (Å²) in [6.45, 7) is -0.243. The van der Waals surface area contributed by atoms with Crippen LogP contribution in [0.2, 0.25) is 5.02 Å². The molecule has 0 saturated heterocycles. The maximum absolute atomic E-state index is 14.5. The van der Waals surface area contributed by atoms with E-state index < -0.39 is 15.7 Å². The molecular formula is C13H15ClFN3O3S. The molecule has 6 nitrogen and oxygen atoms in total. The number of nitriles is 1. The van der Waals surface area contributed by atoms with Crippen LogP contribution in [0.25, 0.3) is 0 Å². The average Bonchev–Trinajstić information content (AvgIpc) is 2.46. The van der Waals surface area contributed by atoms with Gasteiger partial charge in [0.05, 0.1) is 12.3 Å². The van der Waals surface area contributed by atoms with E-state index in [1.165, 1.54) is 0 Å². The first kappa shape index (κ1) is 16.9. The van der Waals surface area contributed by atoms with Gasteiger partial charge in [-0.1, -0.05) is 11.6 Å². The van der Waals surface area contributed by atoms with Crippen LogP contribution in [0.4, 0.5) is 4.39 Å². The second-order valence-corrected chi connectivity index (χ2v) is 7.31. The van der Waals surface area contributed by atoms with Gasteiger partial charge in [-0.3, -0.25) is 0 Å². The molecule has 0 bridgehead atoms. The molecule has 1 aromatic rings. The normalized spacial score (nSPS) is 25.5. The molecule has 1 aliphatic carbocycles. The molecule has 0 aliphatic heterocycles. The summed E-state index contributed by atoms with van der Waals surface area (Å²) in [4.78, 5) is 3.52. The van der Waals surface area contributed by atoms with Gasteiger partial charge in [0.25, 0.3) is 0 Å². The largest absolute Gasteiger partial charge is 0.473 e. The molecule has 22 heavy (non-hydrogen) atoms. The first-order chi connectivity index (χ1) is 10.2. The number of sulfonamides is 1. The molecular weight excluding hydrogens is 333 g/mol. The molecule has 2 N–H and O–H groups in total. The third kappa shape index (κ3) is 4.06. The lowest BCUT2D eigenvalue weighted by molar-refractivity contribution is 0.0377. The molecule has 0 aromatic carbocycles. The smallest absolute Gasteiger partial charge is 0.239 e. The van der Waals surface area contributed by atoms with E-state index in [2.05, 4.69) is 11.1 Å². The van der Waals surface area contributed by atoms with Crippen LogP contribution in [0.15, 0.2) is 17.2 Å². The minimum absolute atomic E-state index is 0.0477. The van der Waals surface area contributed by atoms with Crippen LogP contribution in [-0.4, -0.2) is 25.7 Å². The maximum atomic E-state index is 14.5. The van der Waals surface area contributed by atoms with Crippen molar-refractivity contribution in [2.75, 3.05) is 6.61 Å². The summed E-state index contributed by atoms with van der Waals surface area (Å²) in [5, 5.41) is 13.7. The van der Waals surface area contributed by atoms with Gasteiger partial charge in [0.2, 0.25) is 15.9 Å². The van der Waals surface area contributed by atoms with E-state index in [1.54, 1.807) is 0 Å². The summed E-state index contributed by atoms with van der Waals surface area (Å²) in [7, 11) is -3.91. The Morgan fingerprint density at radius 3 is 2.68 bits per heavy atom. The van der Waals surface area contributed by atoms with Gasteiger partial charge in [-0.25, -0.2) is 22.9 Å². The SMILES string of the molecule is N#C[C@H]1CC[C@@](F)(COc2ncc(S(N)(=O)=O)cc2Cl)CC1. The number of primary sulfonamides is 1. The van der Waals surface area contributed by atoms with E-state index in [0.717, 1.165) is 12.3 Å². The van der Waals surface area contributed by atoms with Crippen molar-refractivity contribution >= 4 is 21.6 Å². The zero-order valence-electron chi connectivity index (χ0n) is 11.6. The summed E-state index contributed by atoms with van der Waals surface area (Å²) in [5.41, 5.74) is -1.53. The molecule has 0 amide bonds. The Balaban J connectivity index is 2.02. The van der Waals surface area contributed by atoms with E-state index in [4.69, 9.17) is 26.7 Å². The van der Waals surface area contributed by atoms with Crippen LogP contribution in [0.5, 0.6) is 5.88 Å². The van der Waals surface area contributed by atoms with Gasteiger partial charge in [-0.15, -0.1) is 0 Å². The minimum atomic E-state index is -3.91. The molecule has 1 aliphatic rings. The van der Waals surface area contributed by atoms with Gasteiger partial charge < -0.3 is 4.74 Å². The number of alkyl halides is 1. The summed E-state index contributed by atoms with van der Waals surface area (Å²) < 4.78 is 42.2. The molecule has 1 heterocycles. The van der Waals surface area contributed by atoms with E-state index in [1.807, 2.05) is 0 Å². The fourth-order valence-electron chi connectivity index (χ4n) is 2.28. The molecule has 0 spiro atoms. The van der Waals surface area contributed by atoms with Crippen LogP contribution < -0.4 is 9.88 Å². The van der Waals surface area contributed by atoms with Gasteiger partial charge in [0.1, 0.15) is 22.2 Å². The number of halogens is 2. The fourth-order valence-corrected chi connectivity index (χ4v) is 3.04. The Bertz CT molecular complexity index is 697. The van der Waals surface area contributed by atoms with E-state index in [9.17, 15) is 12.8 Å². The highest BCUT2D eigenvalue weighted by Crippen LogP contribution is 2.36. The Kier molecular flexibility index (Phi) is 4.90. The van der Waals surface area contributed by atoms with Crippen molar-refractivity contribution in [1.82, 2.24) is 4.98 Å². The number of aromatic nitrogens is 1. The number of hydrogen-bond donors (Lipinski definition) is 1. The summed E-state index contributed by atoms with van der Waals surface area (Å²) in [5.74, 6) is -0.159. The molecule has 1 aromatic heterocycles. The van der Waals surface area contributed by atoms with Gasteiger partial charge in [0.15, 0.2) is 0 Å². The van der Waals surface area contributed by atoms with E-state index in [0.29, 0.717) is 12.8 Å². The molecule has 1 saturated carbocycles. The minimum Gasteiger partial charge on any atom is -0.473 e. The van der Waals surface area contributed by atoms with E-state index in [-0.39, 0.29) is 41.2 Å². The second-order valence-electron chi connectivity index (χ2n) is 5.35. The second kappa shape index (κ2) is 6.36. The van der Waals surface area contributed by atoms with E-state index >= 15 is 0 Å². The predicted octanol–water partition coefficient (Wildman–Crippen LogP) is 2.18. The zero-order chi connectivity index (χ0) is 16.4. The number of pyridine rings is 1. The lowest BCUT2D eigenvalue weighted by Gasteiger charge is -2.31.